The van der Waals surface area contributed by atoms with Gasteiger partial charge >= 0.3 is 5.97 Å². The number of carbonyl (C=O) groups is 1. The third kappa shape index (κ3) is 4.23. The molecule has 0 atom stereocenters. The minimum Gasteiger partial charge on any atom is -0.465 e. The molecular weight excluding hydrogens is 352 g/mol. The number of ether oxygens (including phenoxy) is 1. The lowest BCUT2D eigenvalue weighted by atomic mass is 10.1. The van der Waals surface area contributed by atoms with Gasteiger partial charge in [-0.05, 0) is 29.8 Å². The van der Waals surface area contributed by atoms with Crippen LogP contribution >= 0.6 is 0 Å². The Bertz CT molecular complexity index is 843. The van der Waals surface area contributed by atoms with Crippen molar-refractivity contribution in [2.75, 3.05) is 38.2 Å². The van der Waals surface area contributed by atoms with Gasteiger partial charge in [0.2, 0.25) is 10.0 Å². The molecule has 26 heavy (non-hydrogen) atoms. The summed E-state index contributed by atoms with van der Waals surface area (Å²) in [6.45, 7) is 2.28. The summed E-state index contributed by atoms with van der Waals surface area (Å²) in [5.74, 6) is -0.504. The second-order valence-electron chi connectivity index (χ2n) is 6.17. The maximum Gasteiger partial charge on any atom is 0.337 e. The number of para-hydroxylation sites is 1. The van der Waals surface area contributed by atoms with E-state index in [1.807, 2.05) is 30.3 Å². The van der Waals surface area contributed by atoms with Gasteiger partial charge in [-0.2, -0.15) is 4.31 Å². The van der Waals surface area contributed by atoms with E-state index >= 15 is 0 Å². The Labute approximate surface area is 154 Å². The van der Waals surface area contributed by atoms with E-state index < -0.39 is 16.0 Å². The van der Waals surface area contributed by atoms with Gasteiger partial charge in [0.05, 0.1) is 18.4 Å². The Morgan fingerprint density at radius 1 is 0.962 bits per heavy atom. The van der Waals surface area contributed by atoms with Crippen molar-refractivity contribution in [1.82, 2.24) is 4.31 Å². The predicted molar refractivity (Wildman–Crippen MR) is 101 cm³/mol. The molecule has 3 rings (SSSR count). The van der Waals surface area contributed by atoms with Gasteiger partial charge in [0.15, 0.2) is 0 Å². The van der Waals surface area contributed by atoms with Gasteiger partial charge in [-0.15, -0.1) is 0 Å². The van der Waals surface area contributed by atoms with Gasteiger partial charge in [-0.3, -0.25) is 0 Å². The fourth-order valence-corrected chi connectivity index (χ4v) is 4.54. The second kappa shape index (κ2) is 7.88. The van der Waals surface area contributed by atoms with Crippen molar-refractivity contribution in [3.05, 3.63) is 65.7 Å². The average Bonchev–Trinajstić information content (AvgIpc) is 2.68. The SMILES string of the molecule is COC(=O)c1ccc(CS(=O)(=O)N2CCN(c3ccccc3)CC2)cc1. The molecule has 0 amide bonds. The minimum atomic E-state index is -3.39. The summed E-state index contributed by atoms with van der Waals surface area (Å²) in [7, 11) is -2.07. The quantitative estimate of drug-likeness (QED) is 0.750. The number of piperazine rings is 1. The van der Waals surface area contributed by atoms with Crippen LogP contribution in [0, 0.1) is 0 Å². The molecule has 0 aliphatic carbocycles. The highest BCUT2D eigenvalue weighted by Gasteiger charge is 2.27. The molecule has 7 heteroatoms. The molecule has 0 radical (unpaired) electrons. The van der Waals surface area contributed by atoms with E-state index in [-0.39, 0.29) is 5.75 Å². The first-order chi connectivity index (χ1) is 12.5. The molecule has 0 aromatic heterocycles. The molecule has 1 aliphatic rings. The van der Waals surface area contributed by atoms with Crippen molar-refractivity contribution in [2.24, 2.45) is 0 Å². The van der Waals surface area contributed by atoms with Gasteiger partial charge < -0.3 is 9.64 Å². The van der Waals surface area contributed by atoms with E-state index in [1.54, 1.807) is 28.6 Å². The summed E-state index contributed by atoms with van der Waals surface area (Å²) in [5, 5.41) is 0. The standard InChI is InChI=1S/C19H22N2O4S/c1-25-19(22)17-9-7-16(8-10-17)15-26(23,24)21-13-11-20(12-14-21)18-5-3-2-4-6-18/h2-10H,11-15H2,1H3. The van der Waals surface area contributed by atoms with Crippen LogP contribution < -0.4 is 4.90 Å². The van der Waals surface area contributed by atoms with E-state index in [1.165, 1.54) is 7.11 Å². The lowest BCUT2D eigenvalue weighted by Crippen LogP contribution is -2.49. The molecule has 1 heterocycles. The highest BCUT2D eigenvalue weighted by Crippen LogP contribution is 2.19. The maximum atomic E-state index is 12.7. The first kappa shape index (κ1) is 18.4. The lowest BCUT2D eigenvalue weighted by molar-refractivity contribution is 0.0600. The molecule has 138 valence electrons. The zero-order valence-electron chi connectivity index (χ0n) is 14.7. The zero-order chi connectivity index (χ0) is 18.6. The van der Waals surface area contributed by atoms with Crippen molar-refractivity contribution in [1.29, 1.82) is 0 Å². The highest BCUT2D eigenvalue weighted by atomic mass is 32.2. The monoisotopic (exact) mass is 374 g/mol. The van der Waals surface area contributed by atoms with Crippen LogP contribution in [0.2, 0.25) is 0 Å². The summed E-state index contributed by atoms with van der Waals surface area (Å²) in [4.78, 5) is 13.6. The second-order valence-corrected chi connectivity index (χ2v) is 8.14. The van der Waals surface area contributed by atoms with Crippen molar-refractivity contribution in [3.63, 3.8) is 0 Å². The van der Waals surface area contributed by atoms with Crippen molar-refractivity contribution < 1.29 is 17.9 Å². The smallest absolute Gasteiger partial charge is 0.337 e. The Kier molecular flexibility index (Phi) is 5.58. The van der Waals surface area contributed by atoms with Crippen LogP contribution in [0.5, 0.6) is 0 Å². The average molecular weight is 374 g/mol. The van der Waals surface area contributed by atoms with Crippen molar-refractivity contribution >= 4 is 21.7 Å². The third-order valence-electron chi connectivity index (χ3n) is 4.48. The number of carbonyl (C=O) groups excluding carboxylic acids is 1. The fraction of sp³-hybridized carbons (Fsp3) is 0.316. The number of hydrogen-bond donors (Lipinski definition) is 0. The molecule has 0 saturated carbocycles. The summed E-state index contributed by atoms with van der Waals surface area (Å²) in [6, 6.07) is 16.5. The Morgan fingerprint density at radius 2 is 1.58 bits per heavy atom. The van der Waals surface area contributed by atoms with Crippen LogP contribution in [0.3, 0.4) is 0 Å². The molecule has 1 saturated heterocycles. The summed E-state index contributed by atoms with van der Waals surface area (Å²) in [6.07, 6.45) is 0. The van der Waals surface area contributed by atoms with E-state index in [9.17, 15) is 13.2 Å². The maximum absolute atomic E-state index is 12.7. The van der Waals surface area contributed by atoms with E-state index in [4.69, 9.17) is 0 Å². The van der Waals surface area contributed by atoms with Crippen LogP contribution in [-0.4, -0.2) is 52.0 Å². The van der Waals surface area contributed by atoms with Gasteiger partial charge in [0.1, 0.15) is 0 Å². The van der Waals surface area contributed by atoms with Gasteiger partial charge in [-0.1, -0.05) is 30.3 Å². The number of nitrogens with zero attached hydrogens (tertiary/aromatic N) is 2. The number of methoxy groups -OCH3 is 1. The molecule has 0 unspecified atom stereocenters. The minimum absolute atomic E-state index is 0.0697. The lowest BCUT2D eigenvalue weighted by Gasteiger charge is -2.35. The Balaban J connectivity index is 1.61. The van der Waals surface area contributed by atoms with E-state index in [0.717, 1.165) is 5.69 Å². The number of esters is 1. The first-order valence-electron chi connectivity index (χ1n) is 8.45. The number of hydrogen-bond acceptors (Lipinski definition) is 5. The molecule has 0 spiro atoms. The third-order valence-corrected chi connectivity index (χ3v) is 6.33. The normalized spacial score (nSPS) is 15.7. The molecule has 1 aliphatic heterocycles. The molecule has 1 fully saturated rings. The number of sulfonamides is 1. The topological polar surface area (TPSA) is 66.9 Å². The van der Waals surface area contributed by atoms with Crippen LogP contribution in [0.4, 0.5) is 5.69 Å². The van der Waals surface area contributed by atoms with Crippen LogP contribution in [0.25, 0.3) is 0 Å². The number of benzene rings is 2. The Hall–Kier alpha value is -2.38. The van der Waals surface area contributed by atoms with Crippen LogP contribution in [0.1, 0.15) is 15.9 Å². The van der Waals surface area contributed by atoms with Crippen molar-refractivity contribution in [3.8, 4) is 0 Å². The molecule has 2 aromatic carbocycles. The summed E-state index contributed by atoms with van der Waals surface area (Å²) < 4.78 is 31.6. The largest absolute Gasteiger partial charge is 0.465 e. The van der Waals surface area contributed by atoms with E-state index in [2.05, 4.69) is 9.64 Å². The predicted octanol–water partition coefficient (Wildman–Crippen LogP) is 2.13. The first-order valence-corrected chi connectivity index (χ1v) is 10.1. The van der Waals surface area contributed by atoms with Gasteiger partial charge in [0.25, 0.3) is 0 Å². The number of rotatable bonds is 5. The zero-order valence-corrected chi connectivity index (χ0v) is 15.5. The highest BCUT2D eigenvalue weighted by molar-refractivity contribution is 7.88. The number of anilines is 1. The van der Waals surface area contributed by atoms with Crippen molar-refractivity contribution in [2.45, 2.75) is 5.75 Å². The summed E-state index contributed by atoms with van der Waals surface area (Å²) >= 11 is 0. The fourth-order valence-electron chi connectivity index (χ4n) is 3.02. The molecule has 0 N–H and O–H groups in total. The molecule has 6 nitrogen and oxygen atoms in total. The van der Waals surface area contributed by atoms with Crippen LogP contribution in [0.15, 0.2) is 54.6 Å². The molecule has 2 aromatic rings. The van der Waals surface area contributed by atoms with Gasteiger partial charge in [0, 0.05) is 31.9 Å². The summed E-state index contributed by atoms with van der Waals surface area (Å²) in [5.41, 5.74) is 2.18. The van der Waals surface area contributed by atoms with Gasteiger partial charge in [-0.25, -0.2) is 13.2 Å². The molecule has 0 bridgehead atoms. The Morgan fingerprint density at radius 3 is 2.15 bits per heavy atom. The molecular formula is C19H22N2O4S. The van der Waals surface area contributed by atoms with E-state index in [0.29, 0.717) is 37.3 Å². The van der Waals surface area contributed by atoms with Crippen LogP contribution in [-0.2, 0) is 20.5 Å².